The van der Waals surface area contributed by atoms with Crippen LogP contribution in [-0.4, -0.2) is 53.8 Å². The number of alkyl halides is 3. The molecule has 0 saturated heterocycles. The summed E-state index contributed by atoms with van der Waals surface area (Å²) < 4.78 is 79.1. The second-order valence-electron chi connectivity index (χ2n) is 4.88. The molecule has 0 aliphatic heterocycles. The summed E-state index contributed by atoms with van der Waals surface area (Å²) >= 11 is 0. The van der Waals surface area contributed by atoms with Crippen molar-refractivity contribution < 1.29 is 35.6 Å². The molecule has 0 radical (unpaired) electrons. The average molecular weight is 352 g/mol. The van der Waals surface area contributed by atoms with Crippen molar-refractivity contribution in [3.63, 3.8) is 0 Å². The summed E-state index contributed by atoms with van der Waals surface area (Å²) in [6.45, 7) is 0. The Morgan fingerprint density at radius 2 is 1.70 bits per heavy atom. The minimum Gasteiger partial charge on any atom is -0.496 e. The van der Waals surface area contributed by atoms with E-state index in [0.29, 0.717) is 29.5 Å². The zero-order valence-corrected chi connectivity index (χ0v) is 13.8. The Labute approximate surface area is 134 Å². The fourth-order valence-corrected chi connectivity index (χ4v) is 2.77. The van der Waals surface area contributed by atoms with Crippen LogP contribution in [0.1, 0.15) is 11.1 Å². The van der Waals surface area contributed by atoms with Crippen LogP contribution in [0.3, 0.4) is 0 Å². The van der Waals surface area contributed by atoms with E-state index >= 15 is 0 Å². The van der Waals surface area contributed by atoms with Crippen LogP contribution in [0.2, 0.25) is 0 Å². The van der Waals surface area contributed by atoms with E-state index in [2.05, 4.69) is 0 Å². The van der Waals surface area contributed by atoms with Crippen molar-refractivity contribution in [1.82, 2.24) is 0 Å². The Bertz CT molecular complexity index is 624. The first kappa shape index (κ1) is 19.7. The smallest absolute Gasteiger partial charge is 0.426 e. The van der Waals surface area contributed by atoms with Crippen LogP contribution >= 0.6 is 0 Å². The lowest BCUT2D eigenvalue weighted by Gasteiger charge is -2.22. The molecule has 0 fully saturated rings. The van der Waals surface area contributed by atoms with Crippen molar-refractivity contribution in [3.05, 3.63) is 23.3 Å². The van der Waals surface area contributed by atoms with Crippen LogP contribution in [-0.2, 0) is 22.8 Å². The number of halogens is 3. The topological polar surface area (TPSA) is 72.8 Å². The largest absolute Gasteiger partial charge is 0.496 e. The maximum Gasteiger partial charge on any atom is 0.426 e. The van der Waals surface area contributed by atoms with Gasteiger partial charge in [0.2, 0.25) is 6.10 Å². The molecule has 0 aromatic heterocycles. The second-order valence-corrected chi connectivity index (χ2v) is 6.38. The molecule has 1 aromatic carbocycles. The zero-order chi connectivity index (χ0) is 17.8. The Hall–Kier alpha value is -1.35. The summed E-state index contributed by atoms with van der Waals surface area (Å²) in [7, 11) is 0.235. The summed E-state index contributed by atoms with van der Waals surface area (Å²) in [5.41, 5.74) is 1.30. The molecular weight excluding hydrogens is 335 g/mol. The second kappa shape index (κ2) is 7.48. The molecule has 1 unspecified atom stereocenters. The van der Waals surface area contributed by atoms with E-state index in [1.54, 1.807) is 15.7 Å². The molecule has 1 atom stereocenters. The molecule has 0 aliphatic carbocycles. The van der Waals surface area contributed by atoms with E-state index in [9.17, 15) is 21.6 Å². The van der Waals surface area contributed by atoms with Gasteiger partial charge in [0.05, 0.1) is 7.11 Å². The number of hydrogen-bond acceptors (Lipinski definition) is 4. The Morgan fingerprint density at radius 1 is 1.22 bits per heavy atom. The predicted octanol–water partition coefficient (Wildman–Crippen LogP) is 0.159. The van der Waals surface area contributed by atoms with Crippen molar-refractivity contribution >= 4 is 25.8 Å². The minimum atomic E-state index is -4.94. The molecule has 1 rings (SSSR count). The summed E-state index contributed by atoms with van der Waals surface area (Å²) in [6.07, 6.45) is -6.58. The highest BCUT2D eigenvalue weighted by atomic mass is 32.2. The molecule has 23 heavy (non-hydrogen) atoms. The number of hydrogen-bond donors (Lipinski definition) is 1. The highest BCUT2D eigenvalue weighted by molar-refractivity contribution is 7.85. The highest BCUT2D eigenvalue weighted by Gasteiger charge is 2.44. The van der Waals surface area contributed by atoms with Gasteiger partial charge in [0.15, 0.2) is 0 Å². The van der Waals surface area contributed by atoms with E-state index in [1.807, 2.05) is 0 Å². The van der Waals surface area contributed by atoms with Gasteiger partial charge in [0.25, 0.3) is 10.1 Å². The molecule has 0 amide bonds. The minimum absolute atomic E-state index is 0.120. The number of rotatable bonds is 7. The van der Waals surface area contributed by atoms with Crippen molar-refractivity contribution in [2.75, 3.05) is 12.9 Å². The zero-order valence-electron chi connectivity index (χ0n) is 13.0. The maximum absolute atomic E-state index is 12.9. The lowest BCUT2D eigenvalue weighted by atomic mass is 9.89. The van der Waals surface area contributed by atoms with Crippen molar-refractivity contribution in [3.8, 4) is 11.5 Å². The average Bonchev–Trinajstić information content (AvgIpc) is 2.43. The molecular formula is C12H17B2F3O5S. The van der Waals surface area contributed by atoms with Gasteiger partial charge in [-0.3, -0.25) is 4.55 Å². The van der Waals surface area contributed by atoms with Crippen LogP contribution < -0.4 is 9.47 Å². The van der Waals surface area contributed by atoms with E-state index < -0.39 is 28.2 Å². The van der Waals surface area contributed by atoms with Crippen LogP contribution in [0, 0.1) is 0 Å². The molecule has 1 N–H and O–H groups in total. The van der Waals surface area contributed by atoms with Gasteiger partial charge < -0.3 is 9.47 Å². The van der Waals surface area contributed by atoms with Crippen molar-refractivity contribution in [2.45, 2.75) is 24.9 Å². The normalized spacial score (nSPS) is 13.6. The number of methoxy groups -OCH3 is 1. The lowest BCUT2D eigenvalue weighted by Crippen LogP contribution is -2.40. The summed E-state index contributed by atoms with van der Waals surface area (Å²) in [5, 5.41) is 0. The standard InChI is InChI=1S/C12H17B2F3O5S/c1-21-11-7(4-13)2-9(3-8(11)5-14)22-10(12(15,16)17)6-23(18,19)20/h2-3,10H,4-6,13-14H2,1H3,(H,18,19,20). The number of ether oxygens (including phenoxy) is 2. The molecule has 0 spiro atoms. The molecule has 0 heterocycles. The third-order valence-corrected chi connectivity index (χ3v) is 3.91. The highest BCUT2D eigenvalue weighted by Crippen LogP contribution is 2.32. The lowest BCUT2D eigenvalue weighted by molar-refractivity contribution is -0.188. The third kappa shape index (κ3) is 5.65. The van der Waals surface area contributed by atoms with Gasteiger partial charge in [-0.25, -0.2) is 0 Å². The van der Waals surface area contributed by atoms with Crippen LogP contribution in [0.4, 0.5) is 13.2 Å². The summed E-state index contributed by atoms with van der Waals surface area (Å²) in [6, 6.07) is 2.75. The Morgan fingerprint density at radius 3 is 2.00 bits per heavy atom. The Kier molecular flexibility index (Phi) is 6.41. The van der Waals surface area contributed by atoms with Crippen LogP contribution in [0.5, 0.6) is 11.5 Å². The molecule has 0 saturated carbocycles. The summed E-state index contributed by atoms with van der Waals surface area (Å²) in [4.78, 5) is 0. The van der Waals surface area contributed by atoms with Gasteiger partial charge in [-0.05, 0) is 23.3 Å². The van der Waals surface area contributed by atoms with Crippen LogP contribution in [0.25, 0.3) is 0 Å². The third-order valence-electron chi connectivity index (χ3n) is 3.19. The van der Waals surface area contributed by atoms with Crippen LogP contribution in [0.15, 0.2) is 12.1 Å². The van der Waals surface area contributed by atoms with Gasteiger partial charge in [-0.15, -0.1) is 0 Å². The molecule has 5 nitrogen and oxygen atoms in total. The maximum atomic E-state index is 12.9. The fraction of sp³-hybridized carbons (Fsp3) is 0.500. The van der Waals surface area contributed by atoms with Gasteiger partial charge in [0, 0.05) is 0 Å². The van der Waals surface area contributed by atoms with Gasteiger partial charge in [-0.1, -0.05) is 12.6 Å². The molecule has 1 aromatic rings. The monoisotopic (exact) mass is 352 g/mol. The van der Waals surface area contributed by atoms with Crippen molar-refractivity contribution in [2.24, 2.45) is 0 Å². The Balaban J connectivity index is 3.23. The van der Waals surface area contributed by atoms with Gasteiger partial charge >= 0.3 is 6.18 Å². The van der Waals surface area contributed by atoms with E-state index in [1.165, 1.54) is 19.2 Å². The van der Waals surface area contributed by atoms with E-state index in [4.69, 9.17) is 14.0 Å². The molecule has 11 heteroatoms. The van der Waals surface area contributed by atoms with Gasteiger partial charge in [-0.2, -0.15) is 21.6 Å². The first-order valence-corrected chi connectivity index (χ1v) is 8.51. The first-order chi connectivity index (χ1) is 10.5. The van der Waals surface area contributed by atoms with E-state index in [-0.39, 0.29) is 5.75 Å². The van der Waals surface area contributed by atoms with Crippen molar-refractivity contribution in [1.29, 1.82) is 0 Å². The predicted molar refractivity (Wildman–Crippen MR) is 84.4 cm³/mol. The summed E-state index contributed by atoms with van der Waals surface area (Å²) in [5.74, 6) is -1.11. The molecule has 128 valence electrons. The van der Waals surface area contributed by atoms with Gasteiger partial charge in [0.1, 0.15) is 32.9 Å². The quantitative estimate of drug-likeness (QED) is 0.559. The van der Waals surface area contributed by atoms with E-state index in [0.717, 1.165) is 0 Å². The first-order valence-electron chi connectivity index (χ1n) is 6.90. The SMILES string of the molecule is BCc1cc(OC(CS(=O)(=O)O)C(F)(F)F)cc(CB)c1OC. The number of benzene rings is 1. The fourth-order valence-electron chi connectivity index (χ4n) is 2.13. The molecule has 0 bridgehead atoms. The molecule has 0 aliphatic rings.